The smallest absolute Gasteiger partial charge is 0.161 e. The van der Waals surface area contributed by atoms with Crippen LogP contribution in [0.3, 0.4) is 0 Å². The number of aromatic nitrogens is 2. The number of fused-ring (bicyclic) bond motifs is 1. The first-order valence-corrected chi connectivity index (χ1v) is 18.7. The van der Waals surface area contributed by atoms with Crippen molar-refractivity contribution >= 4 is 66.6 Å². The van der Waals surface area contributed by atoms with Gasteiger partial charge < -0.3 is 15.6 Å². The molecule has 0 aliphatic rings. The van der Waals surface area contributed by atoms with Gasteiger partial charge in [-0.15, -0.1) is 6.20 Å². The van der Waals surface area contributed by atoms with Crippen LogP contribution in [-0.2, 0) is 21.1 Å². The van der Waals surface area contributed by atoms with E-state index in [1.54, 1.807) is 0 Å². The normalized spacial score (nSPS) is 10.6. The Balaban J connectivity index is 0.00000152. The quantitative estimate of drug-likeness (QED) is 0.116. The second-order valence-corrected chi connectivity index (χ2v) is 13.0. The van der Waals surface area contributed by atoms with E-state index in [9.17, 15) is 5.26 Å². The van der Waals surface area contributed by atoms with Crippen molar-refractivity contribution in [3.8, 4) is 6.07 Å². The molecule has 0 amide bonds. The molecule has 4 aromatic carbocycles. The maximum absolute atomic E-state index is 10.1. The monoisotopic (exact) mass is 906 g/mol. The Morgan fingerprint density at radius 3 is 1.59 bits per heavy atom. The van der Waals surface area contributed by atoms with Crippen molar-refractivity contribution in [2.45, 2.75) is 83.1 Å². The van der Waals surface area contributed by atoms with Crippen LogP contribution in [0.5, 0.6) is 0 Å². The van der Waals surface area contributed by atoms with Crippen molar-refractivity contribution in [3.05, 3.63) is 117 Å². The number of azo groups is 2. The maximum Gasteiger partial charge on any atom is 0.161 e. The van der Waals surface area contributed by atoms with Crippen molar-refractivity contribution in [2.24, 2.45) is 20.5 Å². The number of hydrogen-bond acceptors (Lipinski definition) is 10. The number of nitrogens with zero attached hydrogens (tertiary/aromatic N) is 7. The van der Waals surface area contributed by atoms with Gasteiger partial charge in [-0.2, -0.15) is 31.9 Å². The maximum atomic E-state index is 10.1. The number of para-hydroxylation sites is 2. The van der Waals surface area contributed by atoms with Crippen LogP contribution in [0.1, 0.15) is 77.8 Å². The Kier molecular flexibility index (Phi) is 15.9. The zero-order chi connectivity index (χ0) is 38.8. The molecule has 2 aromatic heterocycles. The van der Waals surface area contributed by atoms with Gasteiger partial charge in [0.05, 0.1) is 21.4 Å². The molecule has 0 fully saturated rings. The van der Waals surface area contributed by atoms with E-state index in [2.05, 4.69) is 91.7 Å². The third kappa shape index (κ3) is 9.15. The summed E-state index contributed by atoms with van der Waals surface area (Å²) in [6.07, 6.45) is 2.93. The molecule has 0 saturated carbocycles. The van der Waals surface area contributed by atoms with Crippen molar-refractivity contribution < 1.29 is 21.1 Å². The van der Waals surface area contributed by atoms with Crippen LogP contribution in [0.15, 0.2) is 81.1 Å². The number of aryl methyl sites for hydroxylation is 4. The summed E-state index contributed by atoms with van der Waals surface area (Å²) in [5.74, 6) is 0.859. The summed E-state index contributed by atoms with van der Waals surface area (Å²) in [5.41, 5.74) is 12.5. The second-order valence-electron chi connectivity index (χ2n) is 12.0. The first kappa shape index (κ1) is 43.3. The van der Waals surface area contributed by atoms with E-state index in [-0.39, 0.29) is 21.1 Å². The molecule has 0 spiro atoms. The molecule has 0 bridgehead atoms. The third-order valence-electron chi connectivity index (χ3n) is 9.22. The molecule has 0 aliphatic carbocycles. The fraction of sp³-hybridized carbons (Fsp3) is 0.279. The van der Waals surface area contributed by atoms with E-state index in [4.69, 9.17) is 10.1 Å². The van der Waals surface area contributed by atoms with Gasteiger partial charge in [-0.3, -0.25) is 0 Å². The molecule has 278 valence electrons. The number of benzene rings is 4. The van der Waals surface area contributed by atoms with Gasteiger partial charge >= 0.3 is 0 Å². The SMILES string of the molecule is CC.CC.Cc1c(C#N)c(Nc2ccccc2)nc(Nc2ccccc2)c1N=Nc1n[c-]c(N=Nc2c(C)c(C)c3c(C)c(C)c(C)c(C)c3c2C)s1.[W]. The first-order chi connectivity index (χ1) is 25.6. The number of pyridine rings is 1. The molecule has 0 atom stereocenters. The molecule has 6 aromatic rings. The summed E-state index contributed by atoms with van der Waals surface area (Å²) < 4.78 is 0. The standard InChI is InChI=1S/C39H36N9S.2C2H6.W/c1-21-22(2)24(4)34-28(8)35(26(6)25(5)33(34)23(21)3)46-45-32-20-41-39(49-32)48-47-36-27(7)31(19-40)37(42-29-15-11-9-12-16-29)44-38(36)43-30-17-13-10-14-18-30;2*1-2;/h9-18H,1-8H3,(H2,42,43,44);2*1-2H3;/q-1;;;. The minimum absolute atomic E-state index is 0. The Morgan fingerprint density at radius 1 is 0.574 bits per heavy atom. The first-order valence-electron chi connectivity index (χ1n) is 17.9. The number of thiazole rings is 1. The molecule has 0 aliphatic heterocycles. The summed E-state index contributed by atoms with van der Waals surface area (Å²) in [7, 11) is 0. The molecular formula is C43H48N9SW-. The fourth-order valence-electron chi connectivity index (χ4n) is 6.11. The van der Waals surface area contributed by atoms with Crippen LogP contribution in [0, 0.1) is 72.9 Å². The Morgan fingerprint density at radius 2 is 1.06 bits per heavy atom. The van der Waals surface area contributed by atoms with Crippen molar-refractivity contribution in [2.75, 3.05) is 10.6 Å². The molecule has 0 unspecified atom stereocenters. The fourth-order valence-corrected chi connectivity index (χ4v) is 6.63. The van der Waals surface area contributed by atoms with Crippen LogP contribution in [-0.4, -0.2) is 9.97 Å². The number of rotatable bonds is 8. The summed E-state index contributed by atoms with van der Waals surface area (Å²) in [6.45, 7) is 25.0. The van der Waals surface area contributed by atoms with Gasteiger partial charge in [0, 0.05) is 38.0 Å². The summed E-state index contributed by atoms with van der Waals surface area (Å²) >= 11 is 1.23. The Labute approximate surface area is 338 Å². The van der Waals surface area contributed by atoms with Crippen LogP contribution in [0.2, 0.25) is 0 Å². The van der Waals surface area contributed by atoms with Crippen molar-refractivity contribution in [1.82, 2.24) is 9.97 Å². The molecule has 54 heavy (non-hydrogen) atoms. The van der Waals surface area contributed by atoms with Gasteiger partial charge in [-0.05, 0) is 129 Å². The minimum atomic E-state index is 0. The van der Waals surface area contributed by atoms with Crippen molar-refractivity contribution in [3.63, 3.8) is 0 Å². The van der Waals surface area contributed by atoms with E-state index in [1.165, 1.54) is 49.9 Å². The van der Waals surface area contributed by atoms with Gasteiger partial charge in [-0.25, -0.2) is 10.1 Å². The van der Waals surface area contributed by atoms with E-state index in [0.717, 1.165) is 28.2 Å². The van der Waals surface area contributed by atoms with E-state index in [1.807, 2.05) is 95.3 Å². The molecule has 0 saturated heterocycles. The van der Waals surface area contributed by atoms with Gasteiger partial charge in [0.1, 0.15) is 11.8 Å². The third-order valence-corrected chi connectivity index (χ3v) is 9.94. The minimum Gasteiger partial charge on any atom is -0.423 e. The number of nitriles is 1. The molecule has 2 N–H and O–H groups in total. The molecule has 0 radical (unpaired) electrons. The number of hydrogen-bond donors (Lipinski definition) is 2. The van der Waals surface area contributed by atoms with Gasteiger partial charge in [-0.1, -0.05) is 64.1 Å². The van der Waals surface area contributed by atoms with Crippen LogP contribution < -0.4 is 10.6 Å². The predicted molar refractivity (Wildman–Crippen MR) is 222 cm³/mol. The Hall–Kier alpha value is -5.10. The number of nitrogens with one attached hydrogen (secondary N) is 2. The summed E-state index contributed by atoms with van der Waals surface area (Å²) in [4.78, 5) is 9.11. The topological polar surface area (TPSA) is 123 Å². The average molecular weight is 907 g/mol. The van der Waals surface area contributed by atoms with E-state index < -0.39 is 0 Å². The van der Waals surface area contributed by atoms with Gasteiger partial charge in [0.2, 0.25) is 0 Å². The molecule has 6 rings (SSSR count). The zero-order valence-corrected chi connectivity index (χ0v) is 37.0. The molecule has 11 heteroatoms. The van der Waals surface area contributed by atoms with E-state index in [0.29, 0.717) is 38.6 Å². The number of anilines is 4. The van der Waals surface area contributed by atoms with Gasteiger partial charge in [0.15, 0.2) is 11.6 Å². The zero-order valence-electron chi connectivity index (χ0n) is 33.2. The average Bonchev–Trinajstić information content (AvgIpc) is 3.64. The van der Waals surface area contributed by atoms with Crippen LogP contribution in [0.4, 0.5) is 44.5 Å². The summed E-state index contributed by atoms with van der Waals surface area (Å²) in [6, 6.07) is 21.5. The van der Waals surface area contributed by atoms with Gasteiger partial charge in [0.25, 0.3) is 0 Å². The van der Waals surface area contributed by atoms with Crippen LogP contribution in [0.25, 0.3) is 10.8 Å². The van der Waals surface area contributed by atoms with E-state index >= 15 is 0 Å². The second kappa shape index (κ2) is 19.8. The molecule has 2 heterocycles. The largest absolute Gasteiger partial charge is 0.423 e. The molecular weight excluding hydrogens is 858 g/mol. The van der Waals surface area contributed by atoms with Crippen molar-refractivity contribution in [1.29, 1.82) is 5.26 Å². The predicted octanol–water partition coefficient (Wildman–Crippen LogP) is 14.2. The van der Waals surface area contributed by atoms with Crippen LogP contribution >= 0.6 is 11.3 Å². The molecule has 9 nitrogen and oxygen atoms in total. The summed E-state index contributed by atoms with van der Waals surface area (Å²) in [5, 5.41) is 38.3. The Bertz CT molecular complexity index is 2320.